The molecule has 0 radical (unpaired) electrons. The second-order valence-corrected chi connectivity index (χ2v) is 2.77. The van der Waals surface area contributed by atoms with Gasteiger partial charge in [-0.25, -0.2) is 4.79 Å². The third kappa shape index (κ3) is 1.98. The molecule has 12 heavy (non-hydrogen) atoms. The summed E-state index contributed by atoms with van der Waals surface area (Å²) in [5, 5.41) is 9.16. The number of aliphatic hydroxyl groups excluding tert-OH is 1. The van der Waals surface area contributed by atoms with E-state index in [4.69, 9.17) is 14.6 Å². The number of carbonyl (C=O) groups is 1. The Balaban J connectivity index is 2.42. The molecule has 1 rings (SSSR count). The van der Waals surface area contributed by atoms with E-state index >= 15 is 0 Å². The lowest BCUT2D eigenvalue weighted by atomic mass is 10.1. The molecule has 0 saturated carbocycles. The van der Waals surface area contributed by atoms with Gasteiger partial charge in [-0.15, -0.1) is 6.58 Å². The summed E-state index contributed by atoms with van der Waals surface area (Å²) < 4.78 is 9.49. The lowest BCUT2D eigenvalue weighted by Crippen LogP contribution is -2.24. The number of hydrogen-bond acceptors (Lipinski definition) is 4. The first-order valence-corrected chi connectivity index (χ1v) is 3.81. The van der Waals surface area contributed by atoms with Crippen LogP contribution >= 0.6 is 0 Å². The first-order valence-electron chi connectivity index (χ1n) is 3.81. The summed E-state index contributed by atoms with van der Waals surface area (Å²) in [6.45, 7) is 5.14. The van der Waals surface area contributed by atoms with Crippen molar-refractivity contribution < 1.29 is 19.4 Å². The van der Waals surface area contributed by atoms with Crippen LogP contribution in [0.25, 0.3) is 0 Å². The molecule has 1 saturated heterocycles. The number of ether oxygens (including phenoxy) is 2. The Labute approximate surface area is 70.8 Å². The van der Waals surface area contributed by atoms with Crippen molar-refractivity contribution in [3.63, 3.8) is 0 Å². The molecule has 0 aromatic rings. The lowest BCUT2D eigenvalue weighted by molar-refractivity contribution is 0.0935. The number of carbonyl (C=O) groups excluding carboxylic acids is 1. The highest BCUT2D eigenvalue weighted by atomic mass is 16.8. The Bertz CT molecular complexity index is 189. The maximum atomic E-state index is 10.6. The average Bonchev–Trinajstić information content (AvgIpc) is 2.30. The fourth-order valence-corrected chi connectivity index (χ4v) is 1.05. The molecule has 1 aliphatic rings. The smallest absolute Gasteiger partial charge is 0.427 e. The van der Waals surface area contributed by atoms with Gasteiger partial charge >= 0.3 is 6.16 Å². The molecule has 4 nitrogen and oxygen atoms in total. The van der Waals surface area contributed by atoms with Gasteiger partial charge < -0.3 is 14.6 Å². The maximum absolute atomic E-state index is 10.6. The Hall–Kier alpha value is -1.03. The van der Waals surface area contributed by atoms with Crippen molar-refractivity contribution in [3.8, 4) is 0 Å². The number of hydrogen-bond donors (Lipinski definition) is 1. The van der Waals surface area contributed by atoms with Gasteiger partial charge in [0.05, 0.1) is 6.10 Å². The monoisotopic (exact) mass is 172 g/mol. The van der Waals surface area contributed by atoms with Crippen molar-refractivity contribution in [1.82, 2.24) is 0 Å². The van der Waals surface area contributed by atoms with E-state index < -0.39 is 12.3 Å². The van der Waals surface area contributed by atoms with Gasteiger partial charge in [-0.2, -0.15) is 0 Å². The molecular formula is C8H12O4. The number of aliphatic hydroxyl groups is 1. The molecule has 1 aliphatic heterocycles. The molecule has 3 atom stereocenters. The topological polar surface area (TPSA) is 55.8 Å². The van der Waals surface area contributed by atoms with Crippen LogP contribution in [0.5, 0.6) is 0 Å². The molecule has 3 unspecified atom stereocenters. The molecule has 1 fully saturated rings. The highest BCUT2D eigenvalue weighted by Gasteiger charge is 2.33. The predicted molar refractivity (Wildman–Crippen MR) is 41.6 cm³/mol. The summed E-state index contributed by atoms with van der Waals surface area (Å²) in [5.41, 5.74) is 0. The maximum Gasteiger partial charge on any atom is 0.509 e. The Morgan fingerprint density at radius 3 is 2.83 bits per heavy atom. The van der Waals surface area contributed by atoms with Gasteiger partial charge in [-0.3, -0.25) is 0 Å². The van der Waals surface area contributed by atoms with Crippen molar-refractivity contribution in [2.75, 3.05) is 0 Å². The first-order chi connectivity index (χ1) is 5.63. The van der Waals surface area contributed by atoms with Crippen LogP contribution < -0.4 is 0 Å². The van der Waals surface area contributed by atoms with E-state index in [1.165, 1.54) is 6.08 Å². The van der Waals surface area contributed by atoms with E-state index in [9.17, 15) is 4.79 Å². The van der Waals surface area contributed by atoms with Crippen LogP contribution in [-0.4, -0.2) is 29.6 Å². The van der Waals surface area contributed by atoms with Crippen LogP contribution in [0.2, 0.25) is 0 Å². The fourth-order valence-electron chi connectivity index (χ4n) is 1.05. The summed E-state index contributed by atoms with van der Waals surface area (Å²) in [6.07, 6.45) is -0.205. The van der Waals surface area contributed by atoms with Gasteiger partial charge in [0.15, 0.2) is 0 Å². The Kier molecular flexibility index (Phi) is 2.70. The zero-order chi connectivity index (χ0) is 9.14. The normalized spacial score (nSPS) is 30.7. The van der Waals surface area contributed by atoms with E-state index in [1.54, 1.807) is 6.92 Å². The summed E-state index contributed by atoms with van der Waals surface area (Å²) in [4.78, 5) is 10.6. The van der Waals surface area contributed by atoms with Crippen molar-refractivity contribution >= 4 is 6.16 Å². The van der Waals surface area contributed by atoms with Gasteiger partial charge in [0, 0.05) is 6.42 Å². The standard InChI is InChI=1S/C8H12O4/c1-3-6(9)4-7-5(2)11-8(10)12-7/h3,5-7,9H,1,4H2,2H3. The zero-order valence-electron chi connectivity index (χ0n) is 6.90. The summed E-state index contributed by atoms with van der Waals surface area (Å²) >= 11 is 0. The van der Waals surface area contributed by atoms with Gasteiger partial charge in [0.1, 0.15) is 12.2 Å². The van der Waals surface area contributed by atoms with Gasteiger partial charge in [0.2, 0.25) is 0 Å². The van der Waals surface area contributed by atoms with Crippen LogP contribution in [0, 0.1) is 0 Å². The van der Waals surface area contributed by atoms with Crippen LogP contribution in [0.15, 0.2) is 12.7 Å². The molecule has 68 valence electrons. The van der Waals surface area contributed by atoms with Crippen LogP contribution in [0.1, 0.15) is 13.3 Å². The molecule has 0 bridgehead atoms. The summed E-state index contributed by atoms with van der Waals surface area (Å²) in [5.74, 6) is 0. The SMILES string of the molecule is C=CC(O)CC1OC(=O)OC1C. The average molecular weight is 172 g/mol. The highest BCUT2D eigenvalue weighted by Crippen LogP contribution is 2.19. The zero-order valence-corrected chi connectivity index (χ0v) is 6.90. The van der Waals surface area contributed by atoms with E-state index in [2.05, 4.69) is 6.58 Å². The number of rotatable bonds is 3. The minimum Gasteiger partial charge on any atom is -0.427 e. The molecule has 0 amide bonds. The quantitative estimate of drug-likeness (QED) is 0.506. The molecule has 1 N–H and O–H groups in total. The minimum absolute atomic E-state index is 0.285. The Morgan fingerprint density at radius 1 is 1.75 bits per heavy atom. The van der Waals surface area contributed by atoms with Crippen molar-refractivity contribution in [1.29, 1.82) is 0 Å². The highest BCUT2D eigenvalue weighted by molar-refractivity contribution is 5.62. The largest absolute Gasteiger partial charge is 0.509 e. The minimum atomic E-state index is -0.663. The van der Waals surface area contributed by atoms with Crippen LogP contribution in [0.4, 0.5) is 4.79 Å². The third-order valence-electron chi connectivity index (χ3n) is 1.80. The molecule has 0 aromatic heterocycles. The van der Waals surface area contributed by atoms with E-state index in [1.807, 2.05) is 0 Å². The van der Waals surface area contributed by atoms with Gasteiger partial charge in [0.25, 0.3) is 0 Å². The van der Waals surface area contributed by atoms with Crippen molar-refractivity contribution in [3.05, 3.63) is 12.7 Å². The third-order valence-corrected chi connectivity index (χ3v) is 1.80. The van der Waals surface area contributed by atoms with E-state index in [0.29, 0.717) is 6.42 Å². The molecular weight excluding hydrogens is 160 g/mol. The van der Waals surface area contributed by atoms with Gasteiger partial charge in [-0.1, -0.05) is 6.08 Å². The van der Waals surface area contributed by atoms with Crippen LogP contribution in [-0.2, 0) is 9.47 Å². The van der Waals surface area contributed by atoms with Gasteiger partial charge in [-0.05, 0) is 6.92 Å². The molecule has 1 heterocycles. The molecule has 4 heteroatoms. The molecule has 0 aromatic carbocycles. The van der Waals surface area contributed by atoms with E-state index in [-0.39, 0.29) is 12.2 Å². The predicted octanol–water partition coefficient (Wildman–Crippen LogP) is 0.847. The fraction of sp³-hybridized carbons (Fsp3) is 0.625. The lowest BCUT2D eigenvalue weighted by Gasteiger charge is -2.12. The van der Waals surface area contributed by atoms with Crippen molar-refractivity contribution in [2.45, 2.75) is 31.7 Å². The Morgan fingerprint density at radius 2 is 2.42 bits per heavy atom. The summed E-state index contributed by atoms with van der Waals surface area (Å²) in [7, 11) is 0. The second kappa shape index (κ2) is 3.58. The first kappa shape index (κ1) is 9.06. The van der Waals surface area contributed by atoms with E-state index in [0.717, 1.165) is 0 Å². The number of cyclic esters (lactones) is 2. The molecule has 0 spiro atoms. The van der Waals surface area contributed by atoms with Crippen LogP contribution in [0.3, 0.4) is 0 Å². The second-order valence-electron chi connectivity index (χ2n) is 2.77. The molecule has 0 aliphatic carbocycles. The van der Waals surface area contributed by atoms with Crippen molar-refractivity contribution in [2.24, 2.45) is 0 Å². The summed E-state index contributed by atoms with van der Waals surface area (Å²) in [6, 6.07) is 0.